The number of hydrogen-bond acceptors (Lipinski definition) is 5. The average Bonchev–Trinajstić information content (AvgIpc) is 2.34. The lowest BCUT2D eigenvalue weighted by atomic mass is 10.4. The van der Waals surface area contributed by atoms with E-state index in [1.54, 1.807) is 0 Å². The molecular formula is C6H12N4O3S. The van der Waals surface area contributed by atoms with E-state index in [1.807, 2.05) is 0 Å². The normalized spacial score (nSPS) is 14.1. The van der Waals surface area contributed by atoms with E-state index in [9.17, 15) is 8.42 Å². The fourth-order valence-corrected chi connectivity index (χ4v) is 1.22. The number of rotatable bonds is 3. The van der Waals surface area contributed by atoms with Gasteiger partial charge < -0.3 is 11.5 Å². The Bertz CT molecular complexity index is 424. The van der Waals surface area contributed by atoms with E-state index in [0.29, 0.717) is 0 Å². The van der Waals surface area contributed by atoms with Crippen LogP contribution in [-0.2, 0) is 16.7 Å². The van der Waals surface area contributed by atoms with Gasteiger partial charge in [0.15, 0.2) is 0 Å². The second-order valence-corrected chi connectivity index (χ2v) is 4.83. The zero-order chi connectivity index (χ0) is 10.9. The molecule has 8 heteroatoms. The van der Waals surface area contributed by atoms with Crippen molar-refractivity contribution in [2.45, 2.75) is 18.7 Å². The van der Waals surface area contributed by atoms with Crippen molar-refractivity contribution in [3.63, 3.8) is 0 Å². The molecule has 7 nitrogen and oxygen atoms in total. The van der Waals surface area contributed by atoms with Crippen LogP contribution in [0.5, 0.6) is 0 Å². The van der Waals surface area contributed by atoms with E-state index < -0.39 is 15.4 Å². The van der Waals surface area contributed by atoms with Gasteiger partial charge in [-0.15, -0.1) is 0 Å². The first-order valence-electron chi connectivity index (χ1n) is 3.85. The first-order valence-corrected chi connectivity index (χ1v) is 5.35. The third-order valence-corrected chi connectivity index (χ3v) is 3.01. The minimum atomic E-state index is -4.07. The van der Waals surface area contributed by atoms with E-state index in [2.05, 4.69) is 5.10 Å². The molecule has 0 amide bonds. The van der Waals surface area contributed by atoms with Crippen molar-refractivity contribution in [1.82, 2.24) is 9.78 Å². The SMILES string of the molecule is CC(Cn1ncc(N)c1N)S(=O)(=O)O. The number of aromatic nitrogens is 2. The molecule has 0 saturated heterocycles. The highest BCUT2D eigenvalue weighted by Gasteiger charge is 2.19. The second kappa shape index (κ2) is 3.46. The lowest BCUT2D eigenvalue weighted by Crippen LogP contribution is -2.24. The van der Waals surface area contributed by atoms with Crippen LogP contribution in [-0.4, -0.2) is 28.0 Å². The molecule has 1 aromatic heterocycles. The van der Waals surface area contributed by atoms with Crippen molar-refractivity contribution in [2.24, 2.45) is 0 Å². The van der Waals surface area contributed by atoms with Gasteiger partial charge >= 0.3 is 0 Å². The maximum atomic E-state index is 10.7. The Kier molecular flexibility index (Phi) is 2.67. The van der Waals surface area contributed by atoms with Gasteiger partial charge in [-0.1, -0.05) is 0 Å². The van der Waals surface area contributed by atoms with Gasteiger partial charge in [-0.2, -0.15) is 13.5 Å². The van der Waals surface area contributed by atoms with Crippen molar-refractivity contribution >= 4 is 21.6 Å². The predicted octanol–water partition coefficient (Wildman–Crippen LogP) is -0.676. The van der Waals surface area contributed by atoms with Gasteiger partial charge in [-0.05, 0) is 6.92 Å². The summed E-state index contributed by atoms with van der Waals surface area (Å²) in [5.74, 6) is 0.195. The topological polar surface area (TPSA) is 124 Å². The van der Waals surface area contributed by atoms with Crippen LogP contribution in [0, 0.1) is 0 Å². The van der Waals surface area contributed by atoms with Crippen LogP contribution in [0.15, 0.2) is 6.20 Å². The minimum absolute atomic E-state index is 0.0259. The number of hydrogen-bond donors (Lipinski definition) is 3. The first-order chi connectivity index (χ1) is 6.32. The van der Waals surface area contributed by atoms with Gasteiger partial charge in [-0.25, -0.2) is 4.68 Å². The molecule has 0 aromatic carbocycles. The van der Waals surface area contributed by atoms with Crippen molar-refractivity contribution in [3.8, 4) is 0 Å². The summed E-state index contributed by atoms with van der Waals surface area (Å²) >= 11 is 0. The second-order valence-electron chi connectivity index (χ2n) is 2.99. The Morgan fingerprint density at radius 3 is 2.57 bits per heavy atom. The van der Waals surface area contributed by atoms with Gasteiger partial charge in [0.1, 0.15) is 11.1 Å². The Labute approximate surface area is 81.4 Å². The van der Waals surface area contributed by atoms with Crippen molar-refractivity contribution < 1.29 is 13.0 Å². The monoisotopic (exact) mass is 220 g/mol. The molecule has 0 aliphatic rings. The molecule has 0 spiro atoms. The van der Waals surface area contributed by atoms with Crippen molar-refractivity contribution in [2.75, 3.05) is 11.5 Å². The van der Waals surface area contributed by atoms with Crippen molar-refractivity contribution in [3.05, 3.63) is 6.20 Å². The summed E-state index contributed by atoms with van der Waals surface area (Å²) < 4.78 is 31.3. The Balaban J connectivity index is 2.85. The first kappa shape index (κ1) is 10.8. The van der Waals surface area contributed by atoms with Gasteiger partial charge in [0, 0.05) is 0 Å². The third kappa shape index (κ3) is 2.15. The van der Waals surface area contributed by atoms with Crippen LogP contribution in [0.3, 0.4) is 0 Å². The van der Waals surface area contributed by atoms with Gasteiger partial charge in [-0.3, -0.25) is 4.55 Å². The van der Waals surface area contributed by atoms with Gasteiger partial charge in [0.2, 0.25) is 0 Å². The molecule has 0 aliphatic heterocycles. The number of anilines is 2. The van der Waals surface area contributed by atoms with E-state index in [0.717, 1.165) is 0 Å². The molecule has 1 aromatic rings. The highest BCUT2D eigenvalue weighted by atomic mass is 32.2. The molecule has 14 heavy (non-hydrogen) atoms. The third-order valence-electron chi connectivity index (χ3n) is 1.85. The summed E-state index contributed by atoms with van der Waals surface area (Å²) in [5, 5.41) is 2.79. The molecular weight excluding hydrogens is 208 g/mol. The molecule has 1 unspecified atom stereocenters. The minimum Gasteiger partial charge on any atom is -0.394 e. The van der Waals surface area contributed by atoms with Crippen LogP contribution >= 0.6 is 0 Å². The number of nitrogen functional groups attached to an aromatic ring is 2. The Hall–Kier alpha value is -1.28. The molecule has 5 N–H and O–H groups in total. The molecule has 1 atom stereocenters. The van der Waals surface area contributed by atoms with E-state index in [-0.39, 0.29) is 18.1 Å². The highest BCUT2D eigenvalue weighted by Crippen LogP contribution is 2.14. The largest absolute Gasteiger partial charge is 0.394 e. The zero-order valence-corrected chi connectivity index (χ0v) is 8.40. The maximum absolute atomic E-state index is 10.7. The predicted molar refractivity (Wildman–Crippen MR) is 52.1 cm³/mol. The molecule has 0 aliphatic carbocycles. The summed E-state index contributed by atoms with van der Waals surface area (Å²) in [6.07, 6.45) is 1.33. The summed E-state index contributed by atoms with van der Waals surface area (Å²) in [6, 6.07) is 0. The quantitative estimate of drug-likeness (QED) is 0.580. The molecule has 0 fully saturated rings. The van der Waals surface area contributed by atoms with Crippen LogP contribution in [0.1, 0.15) is 6.92 Å². The van der Waals surface area contributed by atoms with E-state index >= 15 is 0 Å². The smallest absolute Gasteiger partial charge is 0.269 e. The van der Waals surface area contributed by atoms with E-state index in [4.69, 9.17) is 16.0 Å². The van der Waals surface area contributed by atoms with Crippen LogP contribution in [0.25, 0.3) is 0 Å². The Morgan fingerprint density at radius 2 is 2.21 bits per heavy atom. The lowest BCUT2D eigenvalue weighted by Gasteiger charge is -2.09. The average molecular weight is 220 g/mol. The van der Waals surface area contributed by atoms with Crippen LogP contribution < -0.4 is 11.5 Å². The number of nitrogens with zero attached hydrogens (tertiary/aromatic N) is 2. The maximum Gasteiger partial charge on any atom is 0.269 e. The lowest BCUT2D eigenvalue weighted by molar-refractivity contribution is 0.456. The van der Waals surface area contributed by atoms with Gasteiger partial charge in [0.05, 0.1) is 18.4 Å². The molecule has 0 bridgehead atoms. The summed E-state index contributed by atoms with van der Waals surface area (Å²) in [4.78, 5) is 0. The zero-order valence-electron chi connectivity index (χ0n) is 7.58. The standard InChI is InChI=1S/C6H12N4O3S/c1-4(14(11,12)13)3-10-6(8)5(7)2-9-10/h2,4H,3,7-8H2,1H3,(H,11,12,13). The molecule has 80 valence electrons. The highest BCUT2D eigenvalue weighted by molar-refractivity contribution is 7.86. The molecule has 1 heterocycles. The fraction of sp³-hybridized carbons (Fsp3) is 0.500. The molecule has 0 saturated carbocycles. The van der Waals surface area contributed by atoms with Crippen LogP contribution in [0.4, 0.5) is 11.5 Å². The fourth-order valence-electron chi connectivity index (χ4n) is 0.892. The molecule has 1 rings (SSSR count). The molecule has 0 radical (unpaired) electrons. The summed E-state index contributed by atoms with van der Waals surface area (Å²) in [6.45, 7) is 1.33. The van der Waals surface area contributed by atoms with E-state index in [1.165, 1.54) is 17.8 Å². The number of nitrogens with two attached hydrogens (primary N) is 2. The van der Waals surface area contributed by atoms with Gasteiger partial charge in [0.25, 0.3) is 10.1 Å². The summed E-state index contributed by atoms with van der Waals surface area (Å²) in [7, 11) is -4.07. The Morgan fingerprint density at radius 1 is 1.64 bits per heavy atom. The summed E-state index contributed by atoms with van der Waals surface area (Å²) in [5.41, 5.74) is 11.2. The van der Waals surface area contributed by atoms with Crippen molar-refractivity contribution in [1.29, 1.82) is 0 Å². The van der Waals surface area contributed by atoms with Crippen LogP contribution in [0.2, 0.25) is 0 Å².